The molecule has 2 aromatic heterocycles. The summed E-state index contributed by atoms with van der Waals surface area (Å²) in [5, 5.41) is 16.6. The van der Waals surface area contributed by atoms with E-state index in [0.717, 1.165) is 50.8 Å². The lowest BCUT2D eigenvalue weighted by Crippen LogP contribution is -2.53. The summed E-state index contributed by atoms with van der Waals surface area (Å²) in [7, 11) is 1.71. The van der Waals surface area contributed by atoms with Gasteiger partial charge in [0, 0.05) is 34.7 Å². The van der Waals surface area contributed by atoms with E-state index in [-0.39, 0.29) is 47.2 Å². The Bertz CT molecular complexity index is 1980. The maximum absolute atomic E-state index is 14.4. The van der Waals surface area contributed by atoms with Crippen LogP contribution in [0.25, 0.3) is 21.4 Å². The number of guanidine groups is 1. The van der Waals surface area contributed by atoms with Gasteiger partial charge in [-0.1, -0.05) is 54.0 Å². The molecule has 4 aromatic rings. The van der Waals surface area contributed by atoms with E-state index in [0.29, 0.717) is 5.96 Å². The molecule has 228 valence electrons. The SMILES string of the molecule is CC#Cc1ccc(-c2ccc(C(=O)[C@@H]3CC[C@@H]4[C@@H](NC(N)=NC)[C@@H](c5cccc(O)c5)CCC5=c6ccccc6=C[C@H]3[C@H]54)s2)s1. The number of phenols is 1. The van der Waals surface area contributed by atoms with Crippen molar-refractivity contribution in [1.29, 1.82) is 0 Å². The highest BCUT2D eigenvalue weighted by Crippen LogP contribution is 2.53. The molecule has 6 atom stereocenters. The first kappa shape index (κ1) is 29.6. The number of aliphatic imine (C=N–C) groups is 1. The fourth-order valence-electron chi connectivity index (χ4n) is 8.13. The number of rotatable bonds is 5. The molecular weight excluding hydrogens is 595 g/mol. The van der Waals surface area contributed by atoms with Crippen molar-refractivity contribution in [2.24, 2.45) is 34.4 Å². The van der Waals surface area contributed by atoms with E-state index in [9.17, 15) is 9.90 Å². The Labute approximate surface area is 272 Å². The van der Waals surface area contributed by atoms with Crippen molar-refractivity contribution in [2.45, 2.75) is 44.6 Å². The van der Waals surface area contributed by atoms with Gasteiger partial charge >= 0.3 is 0 Å². The van der Waals surface area contributed by atoms with Crippen LogP contribution in [-0.4, -0.2) is 29.9 Å². The molecule has 0 radical (unpaired) electrons. The van der Waals surface area contributed by atoms with Crippen LogP contribution in [0, 0.1) is 35.5 Å². The van der Waals surface area contributed by atoms with Gasteiger partial charge in [-0.3, -0.25) is 9.79 Å². The third kappa shape index (κ3) is 5.51. The number of hydrogen-bond acceptors (Lipinski definition) is 5. The second-order valence-corrected chi connectivity index (χ2v) is 14.5. The normalized spacial score (nSPS) is 25.6. The second kappa shape index (κ2) is 12.3. The zero-order valence-electron chi connectivity index (χ0n) is 25.5. The number of nitrogens with zero attached hydrogens (tertiary/aromatic N) is 1. The van der Waals surface area contributed by atoms with E-state index in [4.69, 9.17) is 5.73 Å². The van der Waals surface area contributed by atoms with Gasteiger partial charge in [-0.05, 0) is 103 Å². The number of ketones is 1. The number of carbonyl (C=O) groups excluding carboxylic acids is 1. The van der Waals surface area contributed by atoms with Crippen LogP contribution in [0.3, 0.4) is 0 Å². The summed E-state index contributed by atoms with van der Waals surface area (Å²) in [6.07, 6.45) is 5.95. The van der Waals surface area contributed by atoms with Crippen molar-refractivity contribution in [3.05, 3.63) is 98.6 Å². The van der Waals surface area contributed by atoms with Crippen molar-refractivity contribution in [3.8, 4) is 27.3 Å². The highest BCUT2D eigenvalue weighted by molar-refractivity contribution is 7.23. The van der Waals surface area contributed by atoms with E-state index in [1.54, 1.807) is 35.8 Å². The largest absolute Gasteiger partial charge is 0.508 e. The van der Waals surface area contributed by atoms with Crippen LogP contribution in [-0.2, 0) is 0 Å². The van der Waals surface area contributed by atoms with Gasteiger partial charge in [0.1, 0.15) is 5.75 Å². The number of benzene rings is 2. The fraction of sp³-hybridized carbons (Fsp3) is 0.316. The Balaban J connectivity index is 1.29. The van der Waals surface area contributed by atoms with E-state index in [1.165, 1.54) is 16.0 Å². The summed E-state index contributed by atoms with van der Waals surface area (Å²) < 4.78 is 0. The average molecular weight is 632 g/mol. The molecule has 2 saturated carbocycles. The average Bonchev–Trinajstić information content (AvgIpc) is 3.70. The number of aromatic hydroxyl groups is 1. The molecule has 2 aromatic carbocycles. The maximum atomic E-state index is 14.4. The standard InChI is InChI=1S/C38H37N3O2S2/c1-3-7-25-12-17-32(44-25)33-18-19-34(45-33)37(43)29-15-16-30-35-28(26-11-5-4-8-23(26)21-31(29)35)14-13-27(36(30)41-38(39)40-2)22-9-6-10-24(42)20-22/h4-6,8-12,17-21,27,29-31,35-36,42H,13-16H2,1-2H3,(H3,39,40,41)/t27-,29-,30+,31-,35-,36+/m1/s1. The molecular formula is C38H37N3O2S2. The lowest BCUT2D eigenvalue weighted by atomic mass is 9.59. The monoisotopic (exact) mass is 631 g/mol. The molecule has 0 aliphatic heterocycles. The van der Waals surface area contributed by atoms with Gasteiger partial charge in [0.15, 0.2) is 11.7 Å². The van der Waals surface area contributed by atoms with Crippen LogP contribution in [0.4, 0.5) is 0 Å². The molecule has 0 unspecified atom stereocenters. The smallest absolute Gasteiger partial charge is 0.188 e. The summed E-state index contributed by atoms with van der Waals surface area (Å²) in [4.78, 5) is 22.9. The molecule has 2 fully saturated rings. The first-order chi connectivity index (χ1) is 21.9. The molecule has 45 heavy (non-hydrogen) atoms. The van der Waals surface area contributed by atoms with Gasteiger partial charge in [0.25, 0.3) is 0 Å². The van der Waals surface area contributed by atoms with Crippen LogP contribution in [0.15, 0.2) is 77.8 Å². The molecule has 2 heterocycles. The van der Waals surface area contributed by atoms with Crippen molar-refractivity contribution in [1.82, 2.24) is 5.32 Å². The van der Waals surface area contributed by atoms with Gasteiger partial charge in [0.05, 0.1) is 9.75 Å². The summed E-state index contributed by atoms with van der Waals surface area (Å²) >= 11 is 3.28. The quantitative estimate of drug-likeness (QED) is 0.107. The minimum Gasteiger partial charge on any atom is -0.508 e. The number of hydrogen-bond donors (Lipinski definition) is 3. The third-order valence-electron chi connectivity index (χ3n) is 9.99. The van der Waals surface area contributed by atoms with Crippen molar-refractivity contribution >= 4 is 46.1 Å². The van der Waals surface area contributed by atoms with Crippen LogP contribution >= 0.6 is 22.7 Å². The summed E-state index contributed by atoms with van der Waals surface area (Å²) in [6, 6.07) is 24.6. The van der Waals surface area contributed by atoms with Gasteiger partial charge < -0.3 is 16.2 Å². The van der Waals surface area contributed by atoms with Crippen molar-refractivity contribution in [2.75, 3.05) is 7.05 Å². The summed E-state index contributed by atoms with van der Waals surface area (Å²) in [6.45, 7) is 1.85. The predicted octanol–water partition coefficient (Wildman–Crippen LogP) is 6.12. The molecule has 7 rings (SSSR count). The third-order valence-corrected chi connectivity index (χ3v) is 12.3. The van der Waals surface area contributed by atoms with Crippen LogP contribution < -0.4 is 21.5 Å². The molecule has 4 N–H and O–H groups in total. The lowest BCUT2D eigenvalue weighted by Gasteiger charge is -2.47. The van der Waals surface area contributed by atoms with Crippen LogP contribution in [0.2, 0.25) is 0 Å². The molecule has 3 aliphatic carbocycles. The number of Topliss-reactive ketones (excluding diaryl/α,β-unsaturated/α-hetero) is 1. The Morgan fingerprint density at radius 3 is 2.64 bits per heavy atom. The molecule has 3 aliphatic rings. The van der Waals surface area contributed by atoms with Gasteiger partial charge in [-0.25, -0.2) is 0 Å². The maximum Gasteiger partial charge on any atom is 0.188 e. The molecule has 7 heteroatoms. The minimum atomic E-state index is -0.0962. The van der Waals surface area contributed by atoms with E-state index in [1.807, 2.05) is 25.1 Å². The van der Waals surface area contributed by atoms with Crippen molar-refractivity contribution < 1.29 is 9.90 Å². The lowest BCUT2D eigenvalue weighted by molar-refractivity contribution is 0.0757. The Hall–Kier alpha value is -4.12. The first-order valence-electron chi connectivity index (χ1n) is 15.7. The Morgan fingerprint density at radius 1 is 1.00 bits per heavy atom. The van der Waals surface area contributed by atoms with E-state index in [2.05, 4.69) is 76.8 Å². The van der Waals surface area contributed by atoms with Gasteiger partial charge in [-0.2, -0.15) is 0 Å². The van der Waals surface area contributed by atoms with Gasteiger partial charge in [-0.15, -0.1) is 28.6 Å². The first-order valence-corrected chi connectivity index (χ1v) is 17.3. The zero-order valence-corrected chi connectivity index (χ0v) is 27.1. The number of phenolic OH excluding ortho intramolecular Hbond substituents is 1. The van der Waals surface area contributed by atoms with Gasteiger partial charge in [0.2, 0.25) is 0 Å². The second-order valence-electron chi connectivity index (χ2n) is 12.3. The molecule has 0 saturated heterocycles. The van der Waals surface area contributed by atoms with Crippen molar-refractivity contribution in [3.63, 3.8) is 0 Å². The number of carbonyl (C=O) groups is 1. The number of thiophene rings is 2. The zero-order chi connectivity index (χ0) is 31.1. The molecule has 0 spiro atoms. The highest BCUT2D eigenvalue weighted by atomic mass is 32.1. The van der Waals surface area contributed by atoms with E-state index >= 15 is 0 Å². The van der Waals surface area contributed by atoms with Crippen LogP contribution in [0.5, 0.6) is 5.75 Å². The topological polar surface area (TPSA) is 87.7 Å². The highest BCUT2D eigenvalue weighted by Gasteiger charge is 2.50. The minimum absolute atomic E-state index is 0.0165. The molecule has 5 nitrogen and oxygen atoms in total. The Kier molecular flexibility index (Phi) is 8.12. The summed E-state index contributed by atoms with van der Waals surface area (Å²) in [5.41, 5.74) is 8.94. The fourth-order valence-corrected chi connectivity index (χ4v) is 10.1. The molecule has 0 amide bonds. The van der Waals surface area contributed by atoms with Crippen LogP contribution in [0.1, 0.15) is 58.6 Å². The number of nitrogens with one attached hydrogen (secondary N) is 1. The summed E-state index contributed by atoms with van der Waals surface area (Å²) in [5.74, 6) is 7.66. The predicted molar refractivity (Wildman–Crippen MR) is 186 cm³/mol. The Morgan fingerprint density at radius 2 is 1.82 bits per heavy atom. The molecule has 0 bridgehead atoms. The van der Waals surface area contributed by atoms with E-state index < -0.39 is 0 Å². The number of fused-ring (bicyclic) bond motifs is 1. The number of nitrogens with two attached hydrogens (primary N) is 1.